The van der Waals surface area contributed by atoms with E-state index in [1.54, 1.807) is 27.3 Å². The lowest BCUT2D eigenvalue weighted by atomic mass is 10.2. The molecule has 0 aliphatic rings. The second kappa shape index (κ2) is 6.51. The van der Waals surface area contributed by atoms with Gasteiger partial charge in [-0.1, -0.05) is 12.1 Å². The molecule has 0 unspecified atom stereocenters. The monoisotopic (exact) mass is 344 g/mol. The van der Waals surface area contributed by atoms with E-state index in [1.807, 2.05) is 32.0 Å². The quantitative estimate of drug-likeness (QED) is 0.448. The molecule has 3 aromatic rings. The smallest absolute Gasteiger partial charge is 0.248 e. The maximum Gasteiger partial charge on any atom is 0.271 e. The summed E-state index contributed by atoms with van der Waals surface area (Å²) >= 11 is 6.97. The number of nitrogens with one attached hydrogen (secondary N) is 1. The second-order valence-electron chi connectivity index (χ2n) is 5.00. The number of H-pyrrole nitrogens is 1. The molecule has 6 nitrogen and oxygen atoms in total. The van der Waals surface area contributed by atoms with Gasteiger partial charge in [-0.2, -0.15) is 14.9 Å². The molecule has 0 aliphatic carbocycles. The zero-order valence-electron chi connectivity index (χ0n) is 13.0. The molecule has 8 heteroatoms. The molecule has 0 amide bonds. The van der Waals surface area contributed by atoms with E-state index in [0.29, 0.717) is 10.7 Å². The average molecular weight is 344 g/mol. The molecule has 0 spiro atoms. The van der Waals surface area contributed by atoms with Gasteiger partial charge in [0.05, 0.1) is 11.9 Å². The topological polar surface area (TPSA) is 63.8 Å². The van der Waals surface area contributed by atoms with Gasteiger partial charge in [-0.3, -0.25) is 0 Å². The van der Waals surface area contributed by atoms with Gasteiger partial charge in [-0.05, 0) is 56.1 Å². The fourth-order valence-corrected chi connectivity index (χ4v) is 2.75. The Kier molecular flexibility index (Phi) is 4.44. The summed E-state index contributed by atoms with van der Waals surface area (Å²) in [5, 5.41) is 15.9. The van der Waals surface area contributed by atoms with Crippen molar-refractivity contribution < 1.29 is 0 Å². The molecular weight excluding hydrogens is 328 g/mol. The van der Waals surface area contributed by atoms with E-state index in [0.717, 1.165) is 17.0 Å². The summed E-state index contributed by atoms with van der Waals surface area (Å²) in [6, 6.07) is 10.1. The highest BCUT2D eigenvalue weighted by molar-refractivity contribution is 7.98. The number of hydrogen-bond acceptors (Lipinski definition) is 5. The molecule has 23 heavy (non-hydrogen) atoms. The first-order chi connectivity index (χ1) is 11.1. The zero-order valence-corrected chi connectivity index (χ0v) is 14.6. The Labute approximate surface area is 143 Å². The number of nitrogens with zero attached hydrogens (tertiary/aromatic N) is 5. The zero-order chi connectivity index (χ0) is 16.4. The van der Waals surface area contributed by atoms with Crippen molar-refractivity contribution in [1.82, 2.24) is 24.7 Å². The van der Waals surface area contributed by atoms with Gasteiger partial charge in [0.15, 0.2) is 0 Å². The number of aryl methyl sites for hydroxylation is 2. The number of rotatable bonds is 4. The van der Waals surface area contributed by atoms with Crippen molar-refractivity contribution >= 4 is 30.2 Å². The summed E-state index contributed by atoms with van der Waals surface area (Å²) in [6.07, 6.45) is 3.80. The van der Waals surface area contributed by atoms with Gasteiger partial charge in [0, 0.05) is 10.6 Å². The summed E-state index contributed by atoms with van der Waals surface area (Å²) in [5.74, 6) is 0.539. The molecule has 2 aromatic heterocycles. The fraction of sp³-hybridized carbons (Fsp3) is 0.200. The van der Waals surface area contributed by atoms with Crippen LogP contribution in [0.5, 0.6) is 0 Å². The average Bonchev–Trinajstić information content (AvgIpc) is 3.07. The summed E-state index contributed by atoms with van der Waals surface area (Å²) < 4.78 is 3.71. The van der Waals surface area contributed by atoms with Gasteiger partial charge < -0.3 is 0 Å². The van der Waals surface area contributed by atoms with Crippen molar-refractivity contribution in [2.45, 2.75) is 18.7 Å². The van der Waals surface area contributed by atoms with Crippen LogP contribution in [0.2, 0.25) is 0 Å². The van der Waals surface area contributed by atoms with Crippen LogP contribution in [-0.4, -0.2) is 37.1 Å². The maximum absolute atomic E-state index is 5.26. The molecule has 0 bridgehead atoms. The molecule has 0 fully saturated rings. The third kappa shape index (κ3) is 3.27. The Morgan fingerprint density at radius 1 is 1.26 bits per heavy atom. The summed E-state index contributed by atoms with van der Waals surface area (Å²) in [6.45, 7) is 3.90. The molecule has 0 atom stereocenters. The molecule has 3 rings (SSSR count). The normalized spacial score (nSPS) is 11.4. The highest BCUT2D eigenvalue weighted by Crippen LogP contribution is 2.14. The minimum atomic E-state index is 0.421. The summed E-state index contributed by atoms with van der Waals surface area (Å²) in [7, 11) is 0. The number of thioether (sulfide) groups is 1. The Balaban J connectivity index is 1.97. The fourth-order valence-electron chi connectivity index (χ4n) is 2.17. The highest BCUT2D eigenvalue weighted by atomic mass is 32.2. The molecule has 0 saturated heterocycles. The van der Waals surface area contributed by atoms with Crippen LogP contribution >= 0.6 is 24.0 Å². The van der Waals surface area contributed by atoms with Crippen LogP contribution < -0.4 is 0 Å². The molecule has 0 saturated carbocycles. The van der Waals surface area contributed by atoms with E-state index in [4.69, 9.17) is 12.2 Å². The minimum absolute atomic E-state index is 0.421. The molecule has 0 aliphatic heterocycles. The van der Waals surface area contributed by atoms with Crippen molar-refractivity contribution in [1.29, 1.82) is 0 Å². The summed E-state index contributed by atoms with van der Waals surface area (Å²) in [5.41, 5.74) is 2.88. The van der Waals surface area contributed by atoms with Gasteiger partial charge in [0.25, 0.3) is 5.95 Å². The van der Waals surface area contributed by atoms with E-state index in [1.165, 1.54) is 4.90 Å². The van der Waals surface area contributed by atoms with Crippen LogP contribution in [0.15, 0.2) is 40.3 Å². The Morgan fingerprint density at radius 3 is 2.61 bits per heavy atom. The number of benzene rings is 1. The first kappa shape index (κ1) is 15.7. The highest BCUT2D eigenvalue weighted by Gasteiger charge is 2.11. The molecule has 118 valence electrons. The minimum Gasteiger partial charge on any atom is -0.248 e. The van der Waals surface area contributed by atoms with E-state index in [2.05, 4.69) is 38.8 Å². The Morgan fingerprint density at radius 2 is 2.00 bits per heavy atom. The van der Waals surface area contributed by atoms with E-state index >= 15 is 0 Å². The van der Waals surface area contributed by atoms with Crippen LogP contribution in [0.25, 0.3) is 5.95 Å². The standard InChI is InChI=1S/C15H16N6S2/c1-10-8-11(2)20(19-10)14-17-18-15(22)21(14)16-9-12-4-6-13(23-3)7-5-12/h4-9H,1-3H3,(H,18,22)/b16-9-. The molecule has 1 aromatic carbocycles. The van der Waals surface area contributed by atoms with Gasteiger partial charge in [0.1, 0.15) is 0 Å². The molecule has 1 N–H and O–H groups in total. The molecule has 0 radical (unpaired) electrons. The lowest BCUT2D eigenvalue weighted by Gasteiger charge is -2.02. The van der Waals surface area contributed by atoms with Crippen LogP contribution in [0.1, 0.15) is 17.0 Å². The molecular formula is C15H16N6S2. The van der Waals surface area contributed by atoms with Crippen LogP contribution in [0.4, 0.5) is 0 Å². The first-order valence-corrected chi connectivity index (χ1v) is 8.61. The lowest BCUT2D eigenvalue weighted by Crippen LogP contribution is -2.07. The largest absolute Gasteiger partial charge is 0.271 e. The van der Waals surface area contributed by atoms with E-state index < -0.39 is 0 Å². The van der Waals surface area contributed by atoms with Crippen molar-refractivity contribution in [3.8, 4) is 5.95 Å². The van der Waals surface area contributed by atoms with Gasteiger partial charge >= 0.3 is 0 Å². The van der Waals surface area contributed by atoms with Crippen molar-refractivity contribution in [3.63, 3.8) is 0 Å². The maximum atomic E-state index is 5.26. The van der Waals surface area contributed by atoms with Crippen molar-refractivity contribution in [2.24, 2.45) is 5.10 Å². The number of aromatic amines is 1. The summed E-state index contributed by atoms with van der Waals surface area (Å²) in [4.78, 5) is 1.21. The van der Waals surface area contributed by atoms with Crippen molar-refractivity contribution in [2.75, 3.05) is 6.26 Å². The van der Waals surface area contributed by atoms with E-state index in [-0.39, 0.29) is 0 Å². The SMILES string of the molecule is CSc1ccc(/C=N\n2c(-n3nc(C)cc3C)n[nH]c2=S)cc1. The number of aromatic nitrogens is 5. The predicted molar refractivity (Wildman–Crippen MR) is 95.2 cm³/mol. The Bertz CT molecular complexity index is 901. The lowest BCUT2D eigenvalue weighted by molar-refractivity contribution is 0.714. The third-order valence-electron chi connectivity index (χ3n) is 3.27. The van der Waals surface area contributed by atoms with Gasteiger partial charge in [-0.25, -0.2) is 9.78 Å². The second-order valence-corrected chi connectivity index (χ2v) is 6.26. The van der Waals surface area contributed by atoms with Gasteiger partial charge in [-0.15, -0.1) is 16.9 Å². The van der Waals surface area contributed by atoms with Crippen LogP contribution in [-0.2, 0) is 0 Å². The van der Waals surface area contributed by atoms with Crippen molar-refractivity contribution in [3.05, 3.63) is 52.1 Å². The third-order valence-corrected chi connectivity index (χ3v) is 4.28. The predicted octanol–water partition coefficient (Wildman–Crippen LogP) is 3.35. The van der Waals surface area contributed by atoms with Crippen LogP contribution in [0, 0.1) is 18.6 Å². The Hall–Kier alpha value is -2.19. The van der Waals surface area contributed by atoms with E-state index in [9.17, 15) is 0 Å². The van der Waals surface area contributed by atoms with Crippen LogP contribution in [0.3, 0.4) is 0 Å². The number of hydrogen-bond donors (Lipinski definition) is 1. The first-order valence-electron chi connectivity index (χ1n) is 6.98. The molecule has 2 heterocycles. The van der Waals surface area contributed by atoms with Gasteiger partial charge in [0.2, 0.25) is 4.77 Å².